The van der Waals surface area contributed by atoms with Crippen LogP contribution in [0.5, 0.6) is 0 Å². The zero-order chi connectivity index (χ0) is 20.3. The smallest absolute Gasteiger partial charge is 0.261 e. The molecule has 3 aromatic carbocycles. The van der Waals surface area contributed by atoms with Crippen molar-refractivity contribution in [2.45, 2.75) is 18.7 Å². The predicted molar refractivity (Wildman–Crippen MR) is 108 cm³/mol. The van der Waals surface area contributed by atoms with E-state index in [1.165, 1.54) is 24.3 Å². The van der Waals surface area contributed by atoms with E-state index in [0.717, 1.165) is 11.6 Å². The average Bonchev–Trinajstić information content (AvgIpc) is 2.65. The van der Waals surface area contributed by atoms with Crippen LogP contribution in [0.15, 0.2) is 71.6 Å². The monoisotopic (exact) mass is 398 g/mol. The molecule has 0 aromatic heterocycles. The predicted octanol–water partition coefficient (Wildman–Crippen LogP) is 4.50. The number of nitrogens with one attached hydrogen (secondary N) is 2. The van der Waals surface area contributed by atoms with Crippen molar-refractivity contribution in [3.8, 4) is 0 Å². The van der Waals surface area contributed by atoms with E-state index in [1.54, 1.807) is 25.1 Å². The van der Waals surface area contributed by atoms with Gasteiger partial charge in [-0.3, -0.25) is 9.52 Å². The topological polar surface area (TPSA) is 75.3 Å². The maximum absolute atomic E-state index is 13.7. The molecule has 0 bridgehead atoms. The van der Waals surface area contributed by atoms with Crippen molar-refractivity contribution in [1.29, 1.82) is 0 Å². The molecule has 5 nitrogen and oxygen atoms in total. The van der Waals surface area contributed by atoms with Gasteiger partial charge in [0.05, 0.1) is 4.90 Å². The van der Waals surface area contributed by atoms with Crippen LogP contribution in [0.1, 0.15) is 21.5 Å². The number of halogens is 1. The Hall–Kier alpha value is -3.19. The Labute approximate surface area is 163 Å². The fraction of sp³-hybridized carbons (Fsp3) is 0.0952. The molecule has 0 atom stereocenters. The number of hydrogen-bond donors (Lipinski definition) is 2. The Morgan fingerprint density at radius 1 is 0.893 bits per heavy atom. The van der Waals surface area contributed by atoms with Gasteiger partial charge >= 0.3 is 0 Å². The van der Waals surface area contributed by atoms with E-state index in [1.807, 2.05) is 25.1 Å². The van der Waals surface area contributed by atoms with Crippen LogP contribution >= 0.6 is 0 Å². The summed E-state index contributed by atoms with van der Waals surface area (Å²) in [6, 6.07) is 17.1. The number of carbonyl (C=O) groups excluding carboxylic acids is 1. The highest BCUT2D eigenvalue weighted by Gasteiger charge is 2.17. The molecular formula is C21H19FN2O3S. The lowest BCUT2D eigenvalue weighted by atomic mass is 10.1. The van der Waals surface area contributed by atoms with E-state index in [-0.39, 0.29) is 16.5 Å². The second-order valence-electron chi connectivity index (χ2n) is 6.37. The molecule has 1 amide bonds. The van der Waals surface area contributed by atoms with Gasteiger partial charge in [-0.2, -0.15) is 0 Å². The quantitative estimate of drug-likeness (QED) is 0.665. The van der Waals surface area contributed by atoms with Gasteiger partial charge in [-0.25, -0.2) is 12.8 Å². The number of para-hydroxylation sites is 1. The minimum atomic E-state index is -3.98. The first-order chi connectivity index (χ1) is 13.3. The first-order valence-corrected chi connectivity index (χ1v) is 10.0. The van der Waals surface area contributed by atoms with Crippen LogP contribution in [0.4, 0.5) is 15.8 Å². The molecule has 28 heavy (non-hydrogen) atoms. The van der Waals surface area contributed by atoms with Gasteiger partial charge in [0.25, 0.3) is 15.9 Å². The number of benzene rings is 3. The molecule has 0 aliphatic heterocycles. The van der Waals surface area contributed by atoms with Crippen LogP contribution in [0, 0.1) is 19.7 Å². The van der Waals surface area contributed by atoms with E-state index in [9.17, 15) is 17.6 Å². The van der Waals surface area contributed by atoms with Gasteiger partial charge in [0, 0.05) is 16.9 Å². The molecule has 2 N–H and O–H groups in total. The molecule has 0 radical (unpaired) electrons. The highest BCUT2D eigenvalue weighted by Crippen LogP contribution is 2.20. The van der Waals surface area contributed by atoms with E-state index in [0.29, 0.717) is 16.8 Å². The molecule has 3 rings (SSSR count). The molecule has 0 heterocycles. The minimum absolute atomic E-state index is 0.189. The minimum Gasteiger partial charge on any atom is -0.322 e. The van der Waals surface area contributed by atoms with Crippen molar-refractivity contribution in [1.82, 2.24) is 0 Å². The van der Waals surface area contributed by atoms with Gasteiger partial charge in [0.2, 0.25) is 0 Å². The SMILES string of the molecule is Cc1ccc(S(=O)(=O)Nc2cccc(C(=O)Nc3ccccc3C)c2)cc1F. The van der Waals surface area contributed by atoms with Crippen LogP contribution in [-0.4, -0.2) is 14.3 Å². The fourth-order valence-corrected chi connectivity index (χ4v) is 3.65. The molecule has 0 saturated heterocycles. The number of anilines is 2. The Morgan fingerprint density at radius 3 is 2.36 bits per heavy atom. The highest BCUT2D eigenvalue weighted by atomic mass is 32.2. The Bertz CT molecular complexity index is 1140. The maximum atomic E-state index is 13.7. The summed E-state index contributed by atoms with van der Waals surface area (Å²) < 4.78 is 41.1. The standard InChI is InChI=1S/C21H19FN2O3S/c1-14-10-11-18(13-19(14)22)28(26,27)24-17-8-5-7-16(12-17)21(25)23-20-9-4-3-6-15(20)2/h3-13,24H,1-2H3,(H,23,25). The fourth-order valence-electron chi connectivity index (χ4n) is 2.59. The van der Waals surface area contributed by atoms with Crippen molar-refractivity contribution in [3.63, 3.8) is 0 Å². The van der Waals surface area contributed by atoms with Crippen LogP contribution in [0.25, 0.3) is 0 Å². The Morgan fingerprint density at radius 2 is 1.64 bits per heavy atom. The van der Waals surface area contributed by atoms with Gasteiger partial charge in [-0.15, -0.1) is 0 Å². The van der Waals surface area contributed by atoms with Gasteiger partial charge in [-0.1, -0.05) is 30.3 Å². The third-order valence-corrected chi connectivity index (χ3v) is 5.60. The molecule has 0 unspecified atom stereocenters. The number of aryl methyl sites for hydroxylation is 2. The van der Waals surface area contributed by atoms with E-state index in [4.69, 9.17) is 0 Å². The summed E-state index contributed by atoms with van der Waals surface area (Å²) in [6.45, 7) is 3.43. The normalized spacial score (nSPS) is 11.1. The lowest BCUT2D eigenvalue weighted by Gasteiger charge is -2.11. The lowest BCUT2D eigenvalue weighted by molar-refractivity contribution is 0.102. The van der Waals surface area contributed by atoms with Crippen molar-refractivity contribution in [3.05, 3.63) is 89.2 Å². The van der Waals surface area contributed by atoms with Crippen LogP contribution in [-0.2, 0) is 10.0 Å². The molecule has 0 fully saturated rings. The Balaban J connectivity index is 1.82. The molecule has 144 valence electrons. The Kier molecular flexibility index (Phi) is 5.46. The highest BCUT2D eigenvalue weighted by molar-refractivity contribution is 7.92. The molecule has 0 saturated carbocycles. The second-order valence-corrected chi connectivity index (χ2v) is 8.05. The first kappa shape index (κ1) is 19.6. The van der Waals surface area contributed by atoms with Crippen LogP contribution in [0.3, 0.4) is 0 Å². The number of amides is 1. The van der Waals surface area contributed by atoms with Crippen molar-refractivity contribution in [2.24, 2.45) is 0 Å². The second kappa shape index (κ2) is 7.82. The summed E-state index contributed by atoms with van der Waals surface area (Å²) in [5.74, 6) is -0.967. The maximum Gasteiger partial charge on any atom is 0.261 e. The molecular weight excluding hydrogens is 379 g/mol. The van der Waals surface area contributed by atoms with E-state index in [2.05, 4.69) is 10.0 Å². The van der Waals surface area contributed by atoms with Crippen LogP contribution < -0.4 is 10.0 Å². The largest absolute Gasteiger partial charge is 0.322 e. The number of rotatable bonds is 5. The third-order valence-electron chi connectivity index (χ3n) is 4.22. The molecule has 0 aliphatic carbocycles. The van der Waals surface area contributed by atoms with E-state index >= 15 is 0 Å². The summed E-state index contributed by atoms with van der Waals surface area (Å²) >= 11 is 0. The number of hydrogen-bond acceptors (Lipinski definition) is 3. The average molecular weight is 398 g/mol. The van der Waals surface area contributed by atoms with Crippen molar-refractivity contribution < 1.29 is 17.6 Å². The summed E-state index contributed by atoms with van der Waals surface area (Å²) in [7, 11) is -3.98. The summed E-state index contributed by atoms with van der Waals surface area (Å²) in [5.41, 5.74) is 2.44. The van der Waals surface area contributed by atoms with Gasteiger partial charge in [0.15, 0.2) is 0 Å². The zero-order valence-electron chi connectivity index (χ0n) is 15.4. The number of carbonyl (C=O) groups is 1. The molecule has 7 heteroatoms. The van der Waals surface area contributed by atoms with Gasteiger partial charge < -0.3 is 5.32 Å². The molecule has 3 aromatic rings. The molecule has 0 aliphatic rings. The number of sulfonamides is 1. The first-order valence-electron chi connectivity index (χ1n) is 8.52. The summed E-state index contributed by atoms with van der Waals surface area (Å²) in [5, 5.41) is 2.80. The van der Waals surface area contributed by atoms with Crippen LogP contribution in [0.2, 0.25) is 0 Å². The molecule has 0 spiro atoms. The van der Waals surface area contributed by atoms with E-state index < -0.39 is 15.8 Å². The summed E-state index contributed by atoms with van der Waals surface area (Å²) in [4.78, 5) is 12.3. The summed E-state index contributed by atoms with van der Waals surface area (Å²) in [6.07, 6.45) is 0. The lowest BCUT2D eigenvalue weighted by Crippen LogP contribution is -2.15. The zero-order valence-corrected chi connectivity index (χ0v) is 16.2. The third kappa shape index (κ3) is 4.37. The van der Waals surface area contributed by atoms with Gasteiger partial charge in [-0.05, 0) is 61.4 Å². The van der Waals surface area contributed by atoms with Gasteiger partial charge in [0.1, 0.15) is 5.82 Å². The van der Waals surface area contributed by atoms with Crippen molar-refractivity contribution in [2.75, 3.05) is 10.0 Å². The van der Waals surface area contributed by atoms with Crippen molar-refractivity contribution >= 4 is 27.3 Å².